The zero-order chi connectivity index (χ0) is 32.2. The van der Waals surface area contributed by atoms with Crippen LogP contribution in [0.1, 0.15) is 25.0 Å². The molecule has 0 spiro atoms. The monoisotopic (exact) mass is 633 g/mol. The van der Waals surface area contributed by atoms with E-state index in [1.54, 1.807) is 44.2 Å². The fourth-order valence-corrected chi connectivity index (χ4v) is 6.42. The zero-order valence-corrected chi connectivity index (χ0v) is 25.2. The zero-order valence-electron chi connectivity index (χ0n) is 24.4. The van der Waals surface area contributed by atoms with Crippen LogP contribution >= 0.6 is 0 Å². The number of aryl methyl sites for hydroxylation is 1. The van der Waals surface area contributed by atoms with Crippen LogP contribution in [0, 0.1) is 30.3 Å². The molecule has 0 aromatic heterocycles. The third-order valence-corrected chi connectivity index (χ3v) is 8.98. The first-order valence-corrected chi connectivity index (χ1v) is 15.4. The van der Waals surface area contributed by atoms with Gasteiger partial charge >= 0.3 is 6.09 Å². The lowest BCUT2D eigenvalue weighted by molar-refractivity contribution is -0.129. The number of halogens is 3. The van der Waals surface area contributed by atoms with Gasteiger partial charge in [-0.25, -0.2) is 26.4 Å². The number of nitrogens with zero attached hydrogens (tertiary/aromatic N) is 2. The van der Waals surface area contributed by atoms with Crippen molar-refractivity contribution in [2.24, 2.45) is 5.92 Å². The third kappa shape index (κ3) is 7.76. The number of anilines is 1. The van der Waals surface area contributed by atoms with E-state index in [1.807, 2.05) is 0 Å². The van der Waals surface area contributed by atoms with Crippen LogP contribution in [0.15, 0.2) is 71.6 Å². The second-order valence-corrected chi connectivity index (χ2v) is 13.0. The molecule has 2 amide bonds. The number of carbonyl (C=O) groups is 2. The Bertz CT molecular complexity index is 1610. The Hall–Kier alpha value is -3.94. The van der Waals surface area contributed by atoms with Crippen LogP contribution in [-0.2, 0) is 26.0 Å². The standard InChI is InChI=1S/C31H34F3N3O6S/c1-19(2)16-36(44(41,42)23-11-9-20(3)25(33)15-23)17-28(38)27(13-21-7-5-4-6-8-21)35-30(39)29-18-37(31(40)43-29)22-10-12-24(32)26(34)14-22/h4-12,14-15,19,27-29,38H,13,16-18H2,1-3H3,(H,35,39)/t27-,28+,29-/m0/s1. The summed E-state index contributed by atoms with van der Waals surface area (Å²) in [7, 11) is -4.25. The summed E-state index contributed by atoms with van der Waals surface area (Å²) < 4.78 is 74.9. The van der Waals surface area contributed by atoms with Crippen molar-refractivity contribution in [3.05, 3.63) is 95.3 Å². The minimum Gasteiger partial charge on any atom is -0.434 e. The van der Waals surface area contributed by atoms with Crippen molar-refractivity contribution in [1.82, 2.24) is 9.62 Å². The highest BCUT2D eigenvalue weighted by Crippen LogP contribution is 2.25. The molecule has 0 saturated carbocycles. The lowest BCUT2D eigenvalue weighted by Gasteiger charge is -2.31. The van der Waals surface area contributed by atoms with Crippen LogP contribution in [0.4, 0.5) is 23.7 Å². The van der Waals surface area contributed by atoms with Gasteiger partial charge in [-0.2, -0.15) is 4.31 Å². The summed E-state index contributed by atoms with van der Waals surface area (Å²) >= 11 is 0. The quantitative estimate of drug-likeness (QED) is 0.309. The molecule has 44 heavy (non-hydrogen) atoms. The Morgan fingerprint density at radius 2 is 1.73 bits per heavy atom. The van der Waals surface area contributed by atoms with Gasteiger partial charge in [0, 0.05) is 19.2 Å². The lowest BCUT2D eigenvalue weighted by Crippen LogP contribution is -2.53. The summed E-state index contributed by atoms with van der Waals surface area (Å²) in [6.07, 6.45) is -3.65. The maximum absolute atomic E-state index is 14.3. The molecule has 3 aromatic carbocycles. The molecule has 3 aromatic rings. The number of aliphatic hydroxyl groups is 1. The summed E-state index contributed by atoms with van der Waals surface area (Å²) in [4.78, 5) is 26.5. The first kappa shape index (κ1) is 33.0. The number of carbonyl (C=O) groups excluding carboxylic acids is 2. The number of hydrogen-bond donors (Lipinski definition) is 2. The Balaban J connectivity index is 1.56. The van der Waals surface area contributed by atoms with Crippen molar-refractivity contribution in [2.75, 3.05) is 24.5 Å². The number of ether oxygens (including phenoxy) is 1. The molecule has 1 aliphatic rings. The molecule has 1 heterocycles. The van der Waals surface area contributed by atoms with E-state index in [0.29, 0.717) is 0 Å². The van der Waals surface area contributed by atoms with Crippen LogP contribution in [-0.4, -0.2) is 67.7 Å². The summed E-state index contributed by atoms with van der Waals surface area (Å²) in [6.45, 7) is 4.36. The molecule has 0 bridgehead atoms. The predicted molar refractivity (Wildman–Crippen MR) is 157 cm³/mol. The number of aliphatic hydroxyl groups excluding tert-OH is 1. The average Bonchev–Trinajstić information content (AvgIpc) is 3.37. The lowest BCUT2D eigenvalue weighted by atomic mass is 10.0. The van der Waals surface area contributed by atoms with Gasteiger partial charge in [0.15, 0.2) is 17.7 Å². The summed E-state index contributed by atoms with van der Waals surface area (Å²) in [5.41, 5.74) is 0.996. The molecular formula is C31H34F3N3O6S. The fraction of sp³-hybridized carbons (Fsp3) is 0.355. The second-order valence-electron chi connectivity index (χ2n) is 11.1. The molecule has 1 fully saturated rings. The largest absolute Gasteiger partial charge is 0.434 e. The highest BCUT2D eigenvalue weighted by atomic mass is 32.2. The molecule has 0 unspecified atom stereocenters. The number of rotatable bonds is 12. The van der Waals surface area contributed by atoms with Crippen LogP contribution in [0.2, 0.25) is 0 Å². The number of nitrogens with one attached hydrogen (secondary N) is 1. The van der Waals surface area contributed by atoms with Crippen molar-refractivity contribution in [2.45, 2.75) is 50.3 Å². The van der Waals surface area contributed by atoms with Gasteiger partial charge in [0.2, 0.25) is 10.0 Å². The van der Waals surface area contributed by atoms with E-state index >= 15 is 0 Å². The van der Waals surface area contributed by atoms with Gasteiger partial charge in [-0.15, -0.1) is 0 Å². The third-order valence-electron chi connectivity index (χ3n) is 7.15. The average molecular weight is 634 g/mol. The first-order valence-electron chi connectivity index (χ1n) is 14.0. The van der Waals surface area contributed by atoms with Crippen LogP contribution in [0.5, 0.6) is 0 Å². The van der Waals surface area contributed by atoms with E-state index in [2.05, 4.69) is 5.32 Å². The normalized spacial score (nSPS) is 16.7. The van der Waals surface area contributed by atoms with Gasteiger partial charge in [-0.05, 0) is 54.7 Å². The predicted octanol–water partition coefficient (Wildman–Crippen LogP) is 4.17. The number of cyclic esters (lactones) is 1. The molecule has 9 nitrogen and oxygen atoms in total. The molecule has 3 atom stereocenters. The van der Waals surface area contributed by atoms with E-state index in [-0.39, 0.29) is 41.6 Å². The van der Waals surface area contributed by atoms with Gasteiger partial charge in [0.05, 0.1) is 29.3 Å². The number of benzene rings is 3. The SMILES string of the molecule is Cc1ccc(S(=O)(=O)N(CC(C)C)C[C@@H](O)[C@H](Cc2ccccc2)NC(=O)[C@@H]2CN(c3ccc(F)c(F)c3)C(=O)O2)cc1F. The molecule has 1 saturated heterocycles. The molecule has 13 heteroatoms. The van der Waals surface area contributed by atoms with E-state index in [9.17, 15) is 36.3 Å². The minimum atomic E-state index is -4.25. The van der Waals surface area contributed by atoms with Crippen molar-refractivity contribution in [1.29, 1.82) is 0 Å². The van der Waals surface area contributed by atoms with Crippen molar-refractivity contribution < 1.29 is 41.0 Å². The van der Waals surface area contributed by atoms with Gasteiger partial charge in [-0.1, -0.05) is 50.2 Å². The van der Waals surface area contributed by atoms with Crippen LogP contribution in [0.25, 0.3) is 0 Å². The molecule has 4 rings (SSSR count). The Kier molecular flexibility index (Phi) is 10.3. The van der Waals surface area contributed by atoms with Crippen LogP contribution in [0.3, 0.4) is 0 Å². The minimum absolute atomic E-state index is 0.00429. The van der Waals surface area contributed by atoms with Gasteiger partial charge in [0.1, 0.15) is 5.82 Å². The second kappa shape index (κ2) is 13.8. The summed E-state index contributed by atoms with van der Waals surface area (Å²) in [6, 6.07) is 14.2. The van der Waals surface area contributed by atoms with E-state index in [1.165, 1.54) is 25.1 Å². The molecule has 2 N–H and O–H groups in total. The number of amides is 2. The van der Waals surface area contributed by atoms with Crippen molar-refractivity contribution >= 4 is 27.7 Å². The van der Waals surface area contributed by atoms with Gasteiger partial charge < -0.3 is 15.2 Å². The van der Waals surface area contributed by atoms with E-state index < -0.39 is 64.3 Å². The molecule has 1 aliphatic heterocycles. The number of hydrogen-bond acceptors (Lipinski definition) is 6. The Morgan fingerprint density at radius 3 is 2.36 bits per heavy atom. The van der Waals surface area contributed by atoms with Crippen molar-refractivity contribution in [3.63, 3.8) is 0 Å². The Morgan fingerprint density at radius 1 is 1.02 bits per heavy atom. The highest BCUT2D eigenvalue weighted by molar-refractivity contribution is 7.89. The summed E-state index contributed by atoms with van der Waals surface area (Å²) in [5, 5.41) is 14.1. The highest BCUT2D eigenvalue weighted by Gasteiger charge is 2.39. The fourth-order valence-electron chi connectivity index (χ4n) is 4.79. The number of sulfonamides is 1. The van der Waals surface area contributed by atoms with E-state index in [4.69, 9.17) is 4.74 Å². The smallest absolute Gasteiger partial charge is 0.415 e. The molecule has 0 aliphatic carbocycles. The van der Waals surface area contributed by atoms with Crippen LogP contribution < -0.4 is 10.2 Å². The maximum atomic E-state index is 14.3. The van der Waals surface area contributed by atoms with Crippen molar-refractivity contribution in [3.8, 4) is 0 Å². The van der Waals surface area contributed by atoms with Gasteiger partial charge in [0.25, 0.3) is 5.91 Å². The Labute approximate surface area is 254 Å². The maximum Gasteiger partial charge on any atom is 0.415 e. The molecule has 236 valence electrons. The molecular weight excluding hydrogens is 599 g/mol. The molecule has 0 radical (unpaired) electrons. The summed E-state index contributed by atoms with van der Waals surface area (Å²) in [5.74, 6) is -3.90. The van der Waals surface area contributed by atoms with E-state index in [0.717, 1.165) is 33.0 Å². The van der Waals surface area contributed by atoms with Gasteiger partial charge in [-0.3, -0.25) is 9.69 Å². The topological polar surface area (TPSA) is 116 Å². The first-order chi connectivity index (χ1) is 20.8.